The first-order chi connectivity index (χ1) is 9.24. The van der Waals surface area contributed by atoms with E-state index in [1.54, 1.807) is 12.1 Å². The first-order valence-corrected chi connectivity index (χ1v) is 6.50. The third kappa shape index (κ3) is 4.71. The van der Waals surface area contributed by atoms with Crippen molar-refractivity contribution in [2.75, 3.05) is 6.54 Å². The molecule has 102 valence electrons. The predicted octanol–water partition coefficient (Wildman–Crippen LogP) is 1.93. The van der Waals surface area contributed by atoms with Crippen molar-refractivity contribution < 1.29 is 9.63 Å². The maximum Gasteiger partial charge on any atom is 0.213 e. The Labute approximate surface area is 112 Å². The normalized spacial score (nSPS) is 12.5. The fraction of sp³-hybridized carbons (Fsp3) is 0.429. The molecular formula is C14H19N3O2. The number of nitrogens with one attached hydrogen (secondary N) is 1. The van der Waals surface area contributed by atoms with Gasteiger partial charge in [0.25, 0.3) is 0 Å². The highest BCUT2D eigenvalue weighted by Crippen LogP contribution is 2.11. The molecule has 0 aliphatic carbocycles. The minimum absolute atomic E-state index is 0.315. The lowest BCUT2D eigenvalue weighted by Gasteiger charge is -2.13. The molecule has 1 atom stereocenters. The van der Waals surface area contributed by atoms with E-state index in [9.17, 15) is 5.11 Å². The van der Waals surface area contributed by atoms with Crippen molar-refractivity contribution in [3.63, 3.8) is 0 Å². The molecular weight excluding hydrogens is 242 g/mol. The second-order valence-corrected chi connectivity index (χ2v) is 4.66. The monoisotopic (exact) mass is 261 g/mol. The zero-order valence-electron chi connectivity index (χ0n) is 11.0. The van der Waals surface area contributed by atoms with Crippen molar-refractivity contribution in [1.29, 1.82) is 0 Å². The van der Waals surface area contributed by atoms with Crippen LogP contribution in [-0.4, -0.2) is 27.8 Å². The molecule has 0 fully saturated rings. The average molecular weight is 261 g/mol. The molecule has 2 aromatic rings. The van der Waals surface area contributed by atoms with E-state index in [0.29, 0.717) is 11.8 Å². The second kappa shape index (κ2) is 6.89. The Morgan fingerprint density at radius 1 is 1.26 bits per heavy atom. The quantitative estimate of drug-likeness (QED) is 0.797. The molecule has 0 aliphatic heterocycles. The number of nitrogens with zero attached hydrogens (tertiary/aromatic N) is 2. The Morgan fingerprint density at radius 2 is 2.05 bits per heavy atom. The van der Waals surface area contributed by atoms with Crippen LogP contribution >= 0.6 is 0 Å². The van der Waals surface area contributed by atoms with Crippen LogP contribution in [0.2, 0.25) is 0 Å². The lowest BCUT2D eigenvalue weighted by molar-refractivity contribution is 0.408. The van der Waals surface area contributed by atoms with Gasteiger partial charge in [0.15, 0.2) is 5.82 Å². The van der Waals surface area contributed by atoms with Gasteiger partial charge in [0.05, 0.1) is 0 Å². The van der Waals surface area contributed by atoms with Gasteiger partial charge in [-0.05, 0) is 37.5 Å². The van der Waals surface area contributed by atoms with E-state index in [0.717, 1.165) is 31.6 Å². The molecule has 0 amide bonds. The van der Waals surface area contributed by atoms with Gasteiger partial charge < -0.3 is 14.9 Å². The largest absolute Gasteiger partial charge is 0.508 e. The summed E-state index contributed by atoms with van der Waals surface area (Å²) in [6.45, 7) is 3.01. The lowest BCUT2D eigenvalue weighted by atomic mass is 10.1. The molecule has 1 aromatic heterocycles. The maximum absolute atomic E-state index is 9.21. The van der Waals surface area contributed by atoms with Crippen molar-refractivity contribution >= 4 is 0 Å². The summed E-state index contributed by atoms with van der Waals surface area (Å²) in [5.41, 5.74) is 1.24. The number of hydrogen-bond acceptors (Lipinski definition) is 5. The van der Waals surface area contributed by atoms with Crippen LogP contribution in [0.1, 0.15) is 24.7 Å². The number of rotatable bonds is 7. The fourth-order valence-electron chi connectivity index (χ4n) is 1.88. The summed E-state index contributed by atoms with van der Waals surface area (Å²) in [6, 6.07) is 7.80. The number of aryl methyl sites for hydroxylation is 1. The van der Waals surface area contributed by atoms with Crippen LogP contribution in [0.5, 0.6) is 5.75 Å². The SMILES string of the molecule is CC(CCc1ccc(O)cc1)NCCc1ncon1. The van der Waals surface area contributed by atoms with Crippen LogP contribution in [0.3, 0.4) is 0 Å². The first-order valence-electron chi connectivity index (χ1n) is 6.50. The summed E-state index contributed by atoms with van der Waals surface area (Å²) in [7, 11) is 0. The summed E-state index contributed by atoms with van der Waals surface area (Å²) >= 11 is 0. The lowest BCUT2D eigenvalue weighted by Crippen LogP contribution is -2.28. The van der Waals surface area contributed by atoms with Crippen LogP contribution in [0.4, 0.5) is 0 Å². The zero-order valence-corrected chi connectivity index (χ0v) is 11.0. The molecule has 0 saturated heterocycles. The third-order valence-corrected chi connectivity index (χ3v) is 3.05. The van der Waals surface area contributed by atoms with Crippen LogP contribution in [0.15, 0.2) is 35.2 Å². The Morgan fingerprint density at radius 3 is 2.74 bits per heavy atom. The minimum atomic E-state index is 0.315. The Kier molecular flexibility index (Phi) is 4.92. The van der Waals surface area contributed by atoms with E-state index in [-0.39, 0.29) is 0 Å². The summed E-state index contributed by atoms with van der Waals surface area (Å²) in [5, 5.41) is 16.4. The number of aromatic nitrogens is 2. The molecule has 5 heteroatoms. The number of benzene rings is 1. The summed E-state index contributed by atoms with van der Waals surface area (Å²) in [5.74, 6) is 1.05. The fourth-order valence-corrected chi connectivity index (χ4v) is 1.88. The van der Waals surface area contributed by atoms with Crippen LogP contribution in [-0.2, 0) is 12.8 Å². The van der Waals surface area contributed by atoms with Gasteiger partial charge in [0.2, 0.25) is 6.39 Å². The van der Waals surface area contributed by atoms with Gasteiger partial charge >= 0.3 is 0 Å². The molecule has 1 aromatic carbocycles. The van der Waals surface area contributed by atoms with E-state index < -0.39 is 0 Å². The first kappa shape index (κ1) is 13.5. The molecule has 0 spiro atoms. The van der Waals surface area contributed by atoms with E-state index in [2.05, 4.69) is 26.9 Å². The molecule has 0 bridgehead atoms. The highest BCUT2D eigenvalue weighted by atomic mass is 16.5. The van der Waals surface area contributed by atoms with Gasteiger partial charge in [0, 0.05) is 19.0 Å². The predicted molar refractivity (Wildman–Crippen MR) is 71.9 cm³/mol. The van der Waals surface area contributed by atoms with Crippen molar-refractivity contribution in [2.45, 2.75) is 32.2 Å². The number of phenolic OH excluding ortho intramolecular Hbond substituents is 1. The second-order valence-electron chi connectivity index (χ2n) is 4.66. The molecule has 0 saturated carbocycles. The van der Waals surface area contributed by atoms with Gasteiger partial charge in [-0.1, -0.05) is 17.3 Å². The van der Waals surface area contributed by atoms with Crippen LogP contribution < -0.4 is 5.32 Å². The van der Waals surface area contributed by atoms with Crippen molar-refractivity contribution in [1.82, 2.24) is 15.5 Å². The molecule has 5 nitrogen and oxygen atoms in total. The Hall–Kier alpha value is -1.88. The van der Waals surface area contributed by atoms with Gasteiger partial charge in [-0.25, -0.2) is 0 Å². The van der Waals surface area contributed by atoms with Crippen LogP contribution in [0.25, 0.3) is 0 Å². The van der Waals surface area contributed by atoms with Gasteiger partial charge in [0.1, 0.15) is 5.75 Å². The molecule has 1 heterocycles. The van der Waals surface area contributed by atoms with Crippen molar-refractivity contribution in [2.24, 2.45) is 0 Å². The topological polar surface area (TPSA) is 71.2 Å². The van der Waals surface area contributed by atoms with Gasteiger partial charge in [-0.3, -0.25) is 0 Å². The number of aromatic hydroxyl groups is 1. The molecule has 0 radical (unpaired) electrons. The van der Waals surface area contributed by atoms with Crippen molar-refractivity contribution in [3.05, 3.63) is 42.0 Å². The summed E-state index contributed by atoms with van der Waals surface area (Å²) in [4.78, 5) is 3.97. The van der Waals surface area contributed by atoms with E-state index in [1.807, 2.05) is 12.1 Å². The van der Waals surface area contributed by atoms with Gasteiger partial charge in [-0.15, -0.1) is 0 Å². The molecule has 2 N–H and O–H groups in total. The Balaban J connectivity index is 1.64. The molecule has 0 aliphatic rings. The van der Waals surface area contributed by atoms with E-state index >= 15 is 0 Å². The number of hydrogen-bond donors (Lipinski definition) is 2. The average Bonchev–Trinajstić information content (AvgIpc) is 2.91. The minimum Gasteiger partial charge on any atom is -0.508 e. The zero-order chi connectivity index (χ0) is 13.5. The maximum atomic E-state index is 9.21. The smallest absolute Gasteiger partial charge is 0.213 e. The summed E-state index contributed by atoms with van der Waals surface area (Å²) in [6.07, 6.45) is 4.18. The molecule has 1 unspecified atom stereocenters. The molecule has 19 heavy (non-hydrogen) atoms. The van der Waals surface area contributed by atoms with Crippen molar-refractivity contribution in [3.8, 4) is 5.75 Å². The van der Waals surface area contributed by atoms with E-state index in [4.69, 9.17) is 0 Å². The third-order valence-electron chi connectivity index (χ3n) is 3.05. The van der Waals surface area contributed by atoms with Gasteiger partial charge in [-0.2, -0.15) is 4.98 Å². The van der Waals surface area contributed by atoms with E-state index in [1.165, 1.54) is 12.0 Å². The summed E-state index contributed by atoms with van der Waals surface area (Å²) < 4.78 is 4.68. The number of phenols is 1. The standard InChI is InChI=1S/C14H19N3O2/c1-11(15-9-8-14-16-10-19-17-14)2-3-12-4-6-13(18)7-5-12/h4-7,10-11,15,18H,2-3,8-9H2,1H3. The highest BCUT2D eigenvalue weighted by Gasteiger charge is 2.04. The highest BCUT2D eigenvalue weighted by molar-refractivity contribution is 5.25. The molecule has 2 rings (SSSR count). The van der Waals surface area contributed by atoms with Crippen LogP contribution in [0, 0.1) is 0 Å². The Bertz CT molecular complexity index is 468.